The molecule has 24 heavy (non-hydrogen) atoms. The third-order valence-electron chi connectivity index (χ3n) is 4.23. The number of aromatic nitrogens is 1. The molecule has 0 saturated carbocycles. The van der Waals surface area contributed by atoms with Crippen LogP contribution in [0.5, 0.6) is 0 Å². The molecule has 1 nitrogen and oxygen atoms in total. The number of allylic oxidation sites excluding steroid dienone is 1. The lowest BCUT2D eigenvalue weighted by molar-refractivity contribution is 0.409. The van der Waals surface area contributed by atoms with Gasteiger partial charge in [0.2, 0.25) is 0 Å². The Hall–Kier alpha value is -2.35. The first-order valence-corrected chi connectivity index (χ1v) is 8.50. The Bertz CT molecular complexity index is 877. The summed E-state index contributed by atoms with van der Waals surface area (Å²) in [5, 5.41) is 1.20. The van der Waals surface area contributed by atoms with Gasteiger partial charge in [0.25, 0.3) is 0 Å². The SMILES string of the molecule is CC/C=C/c1c(-c2ccc(F)cc2)c2ccccc2n1C(C)(C)C. The molecule has 0 atom stereocenters. The molecule has 0 bridgehead atoms. The van der Waals surface area contributed by atoms with Gasteiger partial charge in [-0.25, -0.2) is 4.39 Å². The summed E-state index contributed by atoms with van der Waals surface area (Å²) in [5.41, 5.74) is 4.56. The van der Waals surface area contributed by atoms with Crippen molar-refractivity contribution in [3.05, 3.63) is 66.1 Å². The number of nitrogens with zero attached hydrogens (tertiary/aromatic N) is 1. The molecule has 0 saturated heterocycles. The average molecular weight is 321 g/mol. The monoisotopic (exact) mass is 321 g/mol. The molecule has 2 heteroatoms. The maximum absolute atomic E-state index is 13.4. The average Bonchev–Trinajstić information content (AvgIpc) is 2.88. The lowest BCUT2D eigenvalue weighted by atomic mass is 10.0. The van der Waals surface area contributed by atoms with E-state index in [1.165, 1.54) is 34.3 Å². The largest absolute Gasteiger partial charge is 0.335 e. The number of rotatable bonds is 3. The van der Waals surface area contributed by atoms with Crippen LogP contribution in [0.25, 0.3) is 28.1 Å². The van der Waals surface area contributed by atoms with Crippen LogP contribution in [0.3, 0.4) is 0 Å². The Labute approximate surface area is 143 Å². The minimum absolute atomic E-state index is 0.0503. The fraction of sp³-hybridized carbons (Fsp3) is 0.273. The summed E-state index contributed by atoms with van der Waals surface area (Å²) in [4.78, 5) is 0. The molecule has 0 unspecified atom stereocenters. The first kappa shape index (κ1) is 16.5. The second kappa shape index (κ2) is 6.27. The number of hydrogen-bond acceptors (Lipinski definition) is 0. The van der Waals surface area contributed by atoms with E-state index in [4.69, 9.17) is 0 Å². The predicted octanol–water partition coefficient (Wildman–Crippen LogP) is 6.63. The van der Waals surface area contributed by atoms with Gasteiger partial charge in [-0.05, 0) is 57.0 Å². The Balaban J connectivity index is 2.42. The number of halogens is 1. The molecule has 1 aromatic heterocycles. The van der Waals surface area contributed by atoms with Gasteiger partial charge in [0.15, 0.2) is 0 Å². The Kier molecular flexibility index (Phi) is 4.31. The minimum atomic E-state index is -0.205. The molecule has 3 aromatic rings. The molecule has 3 rings (SSSR count). The van der Waals surface area contributed by atoms with Crippen LogP contribution in [-0.4, -0.2) is 4.57 Å². The molecule has 0 N–H and O–H groups in total. The molecule has 0 radical (unpaired) electrons. The van der Waals surface area contributed by atoms with Crippen LogP contribution in [0.4, 0.5) is 4.39 Å². The van der Waals surface area contributed by atoms with E-state index in [-0.39, 0.29) is 11.4 Å². The maximum Gasteiger partial charge on any atom is 0.123 e. The van der Waals surface area contributed by atoms with Gasteiger partial charge in [-0.1, -0.05) is 43.3 Å². The van der Waals surface area contributed by atoms with E-state index in [1.807, 2.05) is 12.1 Å². The van der Waals surface area contributed by atoms with Gasteiger partial charge in [0.1, 0.15) is 5.82 Å². The van der Waals surface area contributed by atoms with E-state index in [9.17, 15) is 4.39 Å². The molecule has 0 aliphatic carbocycles. The first-order valence-electron chi connectivity index (χ1n) is 8.50. The summed E-state index contributed by atoms with van der Waals surface area (Å²) in [6.45, 7) is 8.80. The molecule has 0 aliphatic rings. The highest BCUT2D eigenvalue weighted by atomic mass is 19.1. The smallest absolute Gasteiger partial charge is 0.123 e. The molecular weight excluding hydrogens is 297 g/mol. The van der Waals surface area contributed by atoms with Crippen molar-refractivity contribution in [1.29, 1.82) is 0 Å². The number of para-hydroxylation sites is 1. The van der Waals surface area contributed by atoms with Crippen LogP contribution in [0, 0.1) is 5.82 Å². The van der Waals surface area contributed by atoms with Gasteiger partial charge in [-0.3, -0.25) is 0 Å². The van der Waals surface area contributed by atoms with Crippen molar-refractivity contribution < 1.29 is 4.39 Å². The topological polar surface area (TPSA) is 4.93 Å². The lowest BCUT2D eigenvalue weighted by Gasteiger charge is -2.25. The van der Waals surface area contributed by atoms with Gasteiger partial charge in [-0.2, -0.15) is 0 Å². The number of fused-ring (bicyclic) bond motifs is 1. The van der Waals surface area contributed by atoms with Crippen molar-refractivity contribution in [3.63, 3.8) is 0 Å². The van der Waals surface area contributed by atoms with Crippen molar-refractivity contribution >= 4 is 17.0 Å². The third-order valence-corrected chi connectivity index (χ3v) is 4.23. The van der Waals surface area contributed by atoms with Crippen LogP contribution in [0.15, 0.2) is 54.6 Å². The van der Waals surface area contributed by atoms with E-state index in [2.05, 4.69) is 68.7 Å². The Morgan fingerprint density at radius 1 is 1.00 bits per heavy atom. The Morgan fingerprint density at radius 3 is 2.29 bits per heavy atom. The van der Waals surface area contributed by atoms with E-state index < -0.39 is 0 Å². The molecule has 0 fully saturated rings. The molecule has 1 heterocycles. The highest BCUT2D eigenvalue weighted by Crippen LogP contribution is 2.39. The van der Waals surface area contributed by atoms with Crippen molar-refractivity contribution in [2.24, 2.45) is 0 Å². The van der Waals surface area contributed by atoms with Crippen LogP contribution in [-0.2, 0) is 5.54 Å². The van der Waals surface area contributed by atoms with E-state index >= 15 is 0 Å². The summed E-state index contributed by atoms with van der Waals surface area (Å²) in [7, 11) is 0. The summed E-state index contributed by atoms with van der Waals surface area (Å²) in [5.74, 6) is -0.205. The molecule has 0 aliphatic heterocycles. The van der Waals surface area contributed by atoms with Crippen molar-refractivity contribution in [3.8, 4) is 11.1 Å². The Morgan fingerprint density at radius 2 is 1.67 bits per heavy atom. The predicted molar refractivity (Wildman–Crippen MR) is 102 cm³/mol. The normalized spacial score (nSPS) is 12.4. The van der Waals surface area contributed by atoms with Crippen molar-refractivity contribution in [2.75, 3.05) is 0 Å². The molecule has 0 spiro atoms. The first-order chi connectivity index (χ1) is 11.4. The fourth-order valence-electron chi connectivity index (χ4n) is 3.29. The van der Waals surface area contributed by atoms with E-state index in [0.717, 1.165) is 12.0 Å². The fourth-order valence-corrected chi connectivity index (χ4v) is 3.29. The molecule has 124 valence electrons. The zero-order chi connectivity index (χ0) is 17.3. The van der Waals surface area contributed by atoms with E-state index in [1.54, 1.807) is 0 Å². The highest BCUT2D eigenvalue weighted by molar-refractivity contribution is 6.01. The van der Waals surface area contributed by atoms with Gasteiger partial charge in [0, 0.05) is 27.7 Å². The van der Waals surface area contributed by atoms with Gasteiger partial charge in [0.05, 0.1) is 0 Å². The van der Waals surface area contributed by atoms with Gasteiger partial charge in [-0.15, -0.1) is 0 Å². The lowest BCUT2D eigenvalue weighted by Crippen LogP contribution is -2.22. The van der Waals surface area contributed by atoms with Crippen molar-refractivity contribution in [1.82, 2.24) is 4.57 Å². The van der Waals surface area contributed by atoms with Crippen LogP contribution < -0.4 is 0 Å². The number of benzene rings is 2. The highest BCUT2D eigenvalue weighted by Gasteiger charge is 2.23. The van der Waals surface area contributed by atoms with E-state index in [0.29, 0.717) is 0 Å². The second-order valence-electron chi connectivity index (χ2n) is 7.10. The van der Waals surface area contributed by atoms with Crippen LogP contribution >= 0.6 is 0 Å². The zero-order valence-electron chi connectivity index (χ0n) is 14.8. The summed E-state index contributed by atoms with van der Waals surface area (Å²) in [6, 6.07) is 15.3. The quantitative estimate of drug-likeness (QED) is 0.510. The zero-order valence-corrected chi connectivity index (χ0v) is 14.8. The minimum Gasteiger partial charge on any atom is -0.335 e. The van der Waals surface area contributed by atoms with Crippen molar-refractivity contribution in [2.45, 2.75) is 39.7 Å². The molecular formula is C22H24FN. The van der Waals surface area contributed by atoms with Gasteiger partial charge < -0.3 is 4.57 Å². The third kappa shape index (κ3) is 2.89. The van der Waals surface area contributed by atoms with Crippen LogP contribution in [0.1, 0.15) is 39.8 Å². The summed E-state index contributed by atoms with van der Waals surface area (Å²) < 4.78 is 15.8. The van der Waals surface area contributed by atoms with Gasteiger partial charge >= 0.3 is 0 Å². The molecule has 0 amide bonds. The standard InChI is InChI=1S/C22H24FN/c1-5-6-10-20-21(16-12-14-17(23)15-13-16)18-9-7-8-11-19(18)24(20)22(2,3)4/h6-15H,5H2,1-4H3/b10-6+. The molecule has 2 aromatic carbocycles. The summed E-state index contributed by atoms with van der Waals surface area (Å²) in [6.07, 6.45) is 5.36. The number of hydrogen-bond donors (Lipinski definition) is 0. The van der Waals surface area contributed by atoms with Crippen LogP contribution in [0.2, 0.25) is 0 Å². The second-order valence-corrected chi connectivity index (χ2v) is 7.10. The maximum atomic E-state index is 13.4. The summed E-state index contributed by atoms with van der Waals surface area (Å²) >= 11 is 0.